The maximum atomic E-state index is 6.85. The summed E-state index contributed by atoms with van der Waals surface area (Å²) in [5, 5.41) is 4.76. The number of nitrogens with two attached hydrogens (primary N) is 1. The van der Waals surface area contributed by atoms with Crippen molar-refractivity contribution in [3.63, 3.8) is 0 Å². The number of pyridine rings is 1. The highest BCUT2D eigenvalue weighted by Crippen LogP contribution is 2.60. The van der Waals surface area contributed by atoms with Crippen molar-refractivity contribution in [1.29, 1.82) is 0 Å². The van der Waals surface area contributed by atoms with Crippen LogP contribution in [-0.2, 0) is 11.8 Å². The molecule has 9 aromatic carbocycles. The fraction of sp³-hybridized carbons (Fsp3) is 0.0333. The van der Waals surface area contributed by atoms with Crippen LogP contribution in [0.3, 0.4) is 0 Å². The smallest absolute Gasteiger partial charge is 0.131 e. The SMILES string of the molecule is NC(=N/C(=C\Cc1cccc(-c2cccnc2)c1)c1ccc(-c2cccc3c2C(c2ccccc2)(c2ccccc2)c2ccc4ccccc4c2-3)c2ccccc12)c1ccccc1. The largest absolute Gasteiger partial charge is 0.383 e. The molecule has 0 radical (unpaired) electrons. The highest BCUT2D eigenvalue weighted by Gasteiger charge is 2.48. The third kappa shape index (κ3) is 6.54. The molecule has 0 aliphatic heterocycles. The zero-order valence-corrected chi connectivity index (χ0v) is 34.7. The van der Waals surface area contributed by atoms with Crippen LogP contribution in [0.15, 0.2) is 242 Å². The minimum atomic E-state index is -0.586. The van der Waals surface area contributed by atoms with Crippen molar-refractivity contribution in [3.05, 3.63) is 276 Å². The molecule has 0 atom stereocenters. The second kappa shape index (κ2) is 16.0. The summed E-state index contributed by atoms with van der Waals surface area (Å²) in [5.74, 6) is 0.473. The van der Waals surface area contributed by atoms with Crippen molar-refractivity contribution in [2.45, 2.75) is 11.8 Å². The minimum Gasteiger partial charge on any atom is -0.383 e. The molecule has 0 fully saturated rings. The van der Waals surface area contributed by atoms with Crippen LogP contribution in [0.4, 0.5) is 0 Å². The van der Waals surface area contributed by atoms with Gasteiger partial charge in [0.1, 0.15) is 5.84 Å². The molecule has 1 heterocycles. The second-order valence-corrected chi connectivity index (χ2v) is 16.2. The first-order valence-electron chi connectivity index (χ1n) is 21.6. The zero-order valence-electron chi connectivity index (χ0n) is 34.7. The molecule has 10 aromatic rings. The Balaban J connectivity index is 1.14. The summed E-state index contributed by atoms with van der Waals surface area (Å²) >= 11 is 0. The maximum Gasteiger partial charge on any atom is 0.131 e. The van der Waals surface area contributed by atoms with Crippen LogP contribution in [0.5, 0.6) is 0 Å². The summed E-state index contributed by atoms with van der Waals surface area (Å²) in [4.78, 5) is 9.59. The van der Waals surface area contributed by atoms with Gasteiger partial charge in [-0.1, -0.05) is 218 Å². The number of aromatic nitrogens is 1. The van der Waals surface area contributed by atoms with E-state index in [9.17, 15) is 0 Å². The van der Waals surface area contributed by atoms with Gasteiger partial charge in [0.15, 0.2) is 0 Å². The molecular weight excluding hydrogens is 763 g/mol. The molecule has 3 nitrogen and oxygen atoms in total. The van der Waals surface area contributed by atoms with Gasteiger partial charge in [-0.2, -0.15) is 0 Å². The number of fused-ring (bicyclic) bond motifs is 6. The van der Waals surface area contributed by atoms with Gasteiger partial charge in [0.2, 0.25) is 0 Å². The van der Waals surface area contributed by atoms with Crippen LogP contribution in [0.1, 0.15) is 38.9 Å². The molecule has 0 saturated carbocycles. The number of amidine groups is 1. The van der Waals surface area contributed by atoms with Gasteiger partial charge >= 0.3 is 0 Å². The average Bonchev–Trinajstić information content (AvgIpc) is 3.68. The van der Waals surface area contributed by atoms with Crippen LogP contribution in [0.2, 0.25) is 0 Å². The van der Waals surface area contributed by atoms with Crippen molar-refractivity contribution in [2.75, 3.05) is 0 Å². The fourth-order valence-electron chi connectivity index (χ4n) is 9.94. The Morgan fingerprint density at radius 2 is 1.17 bits per heavy atom. The molecular formula is C60H43N3. The predicted molar refractivity (Wildman–Crippen MR) is 263 cm³/mol. The maximum absolute atomic E-state index is 6.85. The van der Waals surface area contributed by atoms with Gasteiger partial charge in [-0.05, 0) is 95.2 Å². The molecule has 3 heteroatoms. The molecule has 0 amide bonds. The average molecular weight is 806 g/mol. The number of hydrogen-bond acceptors (Lipinski definition) is 2. The van der Waals surface area contributed by atoms with Crippen molar-refractivity contribution in [3.8, 4) is 33.4 Å². The van der Waals surface area contributed by atoms with E-state index in [1.54, 1.807) is 0 Å². The van der Waals surface area contributed by atoms with E-state index in [-0.39, 0.29) is 0 Å². The normalized spacial score (nSPS) is 13.2. The third-order valence-corrected chi connectivity index (χ3v) is 12.7. The quantitative estimate of drug-likeness (QED) is 0.117. The Labute approximate surface area is 368 Å². The number of hydrogen-bond donors (Lipinski definition) is 1. The van der Waals surface area contributed by atoms with Crippen LogP contribution in [0.25, 0.3) is 60.6 Å². The summed E-state index contributed by atoms with van der Waals surface area (Å²) in [7, 11) is 0. The molecule has 2 N–H and O–H groups in total. The molecule has 298 valence electrons. The zero-order chi connectivity index (χ0) is 42.2. The van der Waals surface area contributed by atoms with Crippen LogP contribution in [0, 0.1) is 0 Å². The molecule has 1 aliphatic carbocycles. The van der Waals surface area contributed by atoms with Gasteiger partial charge in [-0.25, -0.2) is 4.99 Å². The number of aliphatic imine (C=N–C) groups is 1. The standard InChI is InChI=1S/C60H43N3/c61-59(43-19-4-1-5-20-43)63-56(37-32-41-17-14-21-44(39-41)45-22-16-38-62-40-45)52-35-34-51(49-28-12-13-29-50(49)52)53-30-15-31-54-57-48-27-11-10-18-42(48)33-36-55(57)60(58(53)54,46-23-6-2-7-24-46)47-25-8-3-9-26-47/h1-31,33-40H,32H2,(H2,61,63)/b56-37-. The summed E-state index contributed by atoms with van der Waals surface area (Å²) in [6, 6.07) is 78.6. The van der Waals surface area contributed by atoms with Crippen molar-refractivity contribution in [1.82, 2.24) is 4.98 Å². The van der Waals surface area contributed by atoms with E-state index in [0.717, 1.165) is 38.7 Å². The minimum absolute atomic E-state index is 0.473. The van der Waals surface area contributed by atoms with Gasteiger partial charge < -0.3 is 5.73 Å². The van der Waals surface area contributed by atoms with E-state index in [2.05, 4.69) is 193 Å². The molecule has 0 saturated heterocycles. The highest BCUT2D eigenvalue weighted by molar-refractivity contribution is 6.10. The molecule has 11 rings (SSSR count). The second-order valence-electron chi connectivity index (χ2n) is 16.2. The van der Waals surface area contributed by atoms with Gasteiger partial charge in [-0.15, -0.1) is 0 Å². The van der Waals surface area contributed by atoms with Gasteiger partial charge in [-0.3, -0.25) is 4.98 Å². The van der Waals surface area contributed by atoms with E-state index >= 15 is 0 Å². The lowest BCUT2D eigenvalue weighted by molar-refractivity contribution is 0.771. The Kier molecular flexibility index (Phi) is 9.63. The van der Waals surface area contributed by atoms with Crippen LogP contribution in [-0.4, -0.2) is 10.8 Å². The van der Waals surface area contributed by atoms with Crippen molar-refractivity contribution < 1.29 is 0 Å². The summed E-state index contributed by atoms with van der Waals surface area (Å²) < 4.78 is 0. The molecule has 1 aromatic heterocycles. The molecule has 0 spiro atoms. The Hall–Kier alpha value is -8.14. The Morgan fingerprint density at radius 1 is 0.524 bits per heavy atom. The van der Waals surface area contributed by atoms with E-state index in [4.69, 9.17) is 10.7 Å². The predicted octanol–water partition coefficient (Wildman–Crippen LogP) is 14.1. The molecule has 0 bridgehead atoms. The first-order valence-corrected chi connectivity index (χ1v) is 21.6. The molecule has 63 heavy (non-hydrogen) atoms. The number of allylic oxidation sites excluding steroid dienone is 1. The van der Waals surface area contributed by atoms with E-state index in [0.29, 0.717) is 12.3 Å². The lowest BCUT2D eigenvalue weighted by atomic mass is 9.66. The summed E-state index contributed by atoms with van der Waals surface area (Å²) in [6.07, 6.45) is 6.60. The van der Waals surface area contributed by atoms with Crippen LogP contribution >= 0.6 is 0 Å². The fourth-order valence-corrected chi connectivity index (χ4v) is 9.94. The third-order valence-electron chi connectivity index (χ3n) is 12.7. The van der Waals surface area contributed by atoms with E-state index in [1.165, 1.54) is 60.8 Å². The highest BCUT2D eigenvalue weighted by atomic mass is 14.9. The Morgan fingerprint density at radius 3 is 1.92 bits per heavy atom. The Bertz CT molecular complexity index is 3310. The van der Waals surface area contributed by atoms with Crippen molar-refractivity contribution >= 4 is 33.1 Å². The van der Waals surface area contributed by atoms with E-state index in [1.807, 2.05) is 48.8 Å². The van der Waals surface area contributed by atoms with Crippen molar-refractivity contribution in [2.24, 2.45) is 10.7 Å². The first kappa shape index (κ1) is 37.8. The van der Waals surface area contributed by atoms with Gasteiger partial charge in [0, 0.05) is 23.5 Å². The first-order chi connectivity index (χ1) is 31.2. The van der Waals surface area contributed by atoms with Gasteiger partial charge in [0.05, 0.1) is 11.1 Å². The summed E-state index contributed by atoms with van der Waals surface area (Å²) in [5.41, 5.74) is 22.4. The topological polar surface area (TPSA) is 51.3 Å². The monoisotopic (exact) mass is 805 g/mol. The van der Waals surface area contributed by atoms with E-state index < -0.39 is 5.41 Å². The van der Waals surface area contributed by atoms with Gasteiger partial charge in [0.25, 0.3) is 0 Å². The lowest BCUT2D eigenvalue weighted by Gasteiger charge is -2.35. The molecule has 1 aliphatic rings. The number of benzene rings is 9. The van der Waals surface area contributed by atoms with Crippen LogP contribution < -0.4 is 5.73 Å². The lowest BCUT2D eigenvalue weighted by Crippen LogP contribution is -2.29. The summed E-state index contributed by atoms with van der Waals surface area (Å²) in [6.45, 7) is 0. The molecule has 0 unspecified atom stereocenters. The number of nitrogens with zero attached hydrogens (tertiary/aromatic N) is 2. The number of rotatable bonds is 9.